The first kappa shape index (κ1) is 24.8. The van der Waals surface area contributed by atoms with Crippen LogP contribution in [0.25, 0.3) is 0 Å². The van der Waals surface area contributed by atoms with Crippen molar-refractivity contribution in [3.8, 4) is 17.2 Å². The van der Waals surface area contributed by atoms with Gasteiger partial charge in [0.05, 0.1) is 5.56 Å². The predicted molar refractivity (Wildman–Crippen MR) is 140 cm³/mol. The second-order valence-electron chi connectivity index (χ2n) is 8.70. The highest BCUT2D eigenvalue weighted by atomic mass is 16.5. The minimum atomic E-state index is -0.425. The predicted octanol–water partition coefficient (Wildman–Crippen LogP) is 5.23. The SMILES string of the molecule is Cc1ccc(COc2ccc(OC(=O)c3ccc(OCC[n+]4ccc(N(C)C)cc4)cc3)cc2)cc1. The van der Waals surface area contributed by atoms with Gasteiger partial charge in [0.15, 0.2) is 18.9 Å². The monoisotopic (exact) mass is 483 g/mol. The van der Waals surface area contributed by atoms with Crippen molar-refractivity contribution in [2.24, 2.45) is 0 Å². The van der Waals surface area contributed by atoms with Crippen LogP contribution in [-0.2, 0) is 13.2 Å². The van der Waals surface area contributed by atoms with Gasteiger partial charge in [-0.25, -0.2) is 9.36 Å². The van der Waals surface area contributed by atoms with Gasteiger partial charge >= 0.3 is 5.97 Å². The first-order valence-corrected chi connectivity index (χ1v) is 11.9. The molecule has 0 N–H and O–H groups in total. The van der Waals surface area contributed by atoms with Gasteiger partial charge in [-0.3, -0.25) is 0 Å². The zero-order valence-electron chi connectivity index (χ0n) is 20.9. The minimum Gasteiger partial charge on any atom is -0.489 e. The molecular formula is C30H31N2O4+. The molecule has 3 aromatic carbocycles. The maximum atomic E-state index is 12.5. The molecule has 6 nitrogen and oxygen atoms in total. The number of pyridine rings is 1. The molecule has 1 aromatic heterocycles. The zero-order chi connectivity index (χ0) is 25.3. The van der Waals surface area contributed by atoms with Crippen LogP contribution in [0.2, 0.25) is 0 Å². The standard InChI is InChI=1S/C30H31N2O4/c1-23-4-6-24(7-5-23)22-35-28-12-14-29(15-13-28)36-30(33)25-8-10-27(11-9-25)34-21-20-32-18-16-26(17-19-32)31(2)3/h4-19H,20-22H2,1-3H3/q+1. The van der Waals surface area contributed by atoms with E-state index in [1.54, 1.807) is 48.5 Å². The zero-order valence-corrected chi connectivity index (χ0v) is 20.9. The van der Waals surface area contributed by atoms with E-state index < -0.39 is 5.97 Å². The van der Waals surface area contributed by atoms with E-state index in [4.69, 9.17) is 14.2 Å². The van der Waals surface area contributed by atoms with Crippen LogP contribution in [0.5, 0.6) is 17.2 Å². The molecule has 0 bridgehead atoms. The van der Waals surface area contributed by atoms with E-state index in [0.29, 0.717) is 36.0 Å². The molecule has 36 heavy (non-hydrogen) atoms. The Kier molecular flexibility index (Phi) is 8.19. The van der Waals surface area contributed by atoms with Crippen molar-refractivity contribution in [3.05, 3.63) is 114 Å². The second kappa shape index (κ2) is 11.9. The van der Waals surface area contributed by atoms with Gasteiger partial charge in [-0.15, -0.1) is 0 Å². The van der Waals surface area contributed by atoms with Crippen molar-refractivity contribution in [1.29, 1.82) is 0 Å². The Morgan fingerprint density at radius 1 is 0.750 bits per heavy atom. The third-order valence-corrected chi connectivity index (χ3v) is 5.66. The number of esters is 1. The molecule has 1 heterocycles. The number of benzene rings is 3. The summed E-state index contributed by atoms with van der Waals surface area (Å²) in [4.78, 5) is 14.6. The molecule has 0 radical (unpaired) electrons. The molecule has 184 valence electrons. The van der Waals surface area contributed by atoms with E-state index in [9.17, 15) is 4.79 Å². The normalized spacial score (nSPS) is 10.5. The minimum absolute atomic E-state index is 0.425. The lowest BCUT2D eigenvalue weighted by Gasteiger charge is -2.10. The summed E-state index contributed by atoms with van der Waals surface area (Å²) in [5, 5.41) is 0. The van der Waals surface area contributed by atoms with Crippen LogP contribution >= 0.6 is 0 Å². The van der Waals surface area contributed by atoms with Crippen LogP contribution in [0.3, 0.4) is 0 Å². The Labute approximate surface area is 212 Å². The molecular weight excluding hydrogens is 452 g/mol. The molecule has 6 heteroatoms. The number of hydrogen-bond acceptors (Lipinski definition) is 5. The highest BCUT2D eigenvalue weighted by Crippen LogP contribution is 2.21. The van der Waals surface area contributed by atoms with E-state index >= 15 is 0 Å². The maximum Gasteiger partial charge on any atom is 0.343 e. The summed E-state index contributed by atoms with van der Waals surface area (Å²) >= 11 is 0. The van der Waals surface area contributed by atoms with Crippen molar-refractivity contribution in [1.82, 2.24) is 0 Å². The molecule has 0 atom stereocenters. The third kappa shape index (κ3) is 7.09. The topological polar surface area (TPSA) is 51.9 Å². The second-order valence-corrected chi connectivity index (χ2v) is 8.70. The lowest BCUT2D eigenvalue weighted by molar-refractivity contribution is -0.697. The average molecular weight is 484 g/mol. The summed E-state index contributed by atoms with van der Waals surface area (Å²) in [6.45, 7) is 3.78. The van der Waals surface area contributed by atoms with Crippen LogP contribution < -0.4 is 23.7 Å². The number of ether oxygens (including phenoxy) is 3. The van der Waals surface area contributed by atoms with Gasteiger partial charge < -0.3 is 19.1 Å². The fourth-order valence-corrected chi connectivity index (χ4v) is 3.47. The van der Waals surface area contributed by atoms with Gasteiger partial charge in [-0.1, -0.05) is 29.8 Å². The van der Waals surface area contributed by atoms with E-state index in [2.05, 4.69) is 40.7 Å². The summed E-state index contributed by atoms with van der Waals surface area (Å²) < 4.78 is 19.2. The van der Waals surface area contributed by atoms with Crippen molar-refractivity contribution < 1.29 is 23.6 Å². The number of carbonyl (C=O) groups is 1. The third-order valence-electron chi connectivity index (χ3n) is 5.66. The number of carbonyl (C=O) groups excluding carboxylic acids is 1. The summed E-state index contributed by atoms with van der Waals surface area (Å²) in [6.07, 6.45) is 4.06. The van der Waals surface area contributed by atoms with Gasteiger partial charge in [-0.2, -0.15) is 0 Å². The molecule has 0 unspecified atom stereocenters. The molecule has 0 spiro atoms. The molecule has 0 saturated heterocycles. The number of anilines is 1. The van der Waals surface area contributed by atoms with Gasteiger partial charge in [0.25, 0.3) is 0 Å². The van der Waals surface area contributed by atoms with Crippen molar-refractivity contribution in [2.75, 3.05) is 25.6 Å². The van der Waals surface area contributed by atoms with E-state index in [0.717, 1.165) is 17.8 Å². The summed E-state index contributed by atoms with van der Waals surface area (Å²) in [5.74, 6) is 1.45. The molecule has 0 aliphatic rings. The Hall–Kier alpha value is -4.32. The number of hydrogen-bond donors (Lipinski definition) is 0. The first-order valence-electron chi connectivity index (χ1n) is 11.9. The first-order chi connectivity index (χ1) is 17.5. The van der Waals surface area contributed by atoms with Crippen molar-refractivity contribution in [2.45, 2.75) is 20.1 Å². The molecule has 0 saturated carbocycles. The summed E-state index contributed by atoms with van der Waals surface area (Å²) in [5.41, 5.74) is 3.92. The summed E-state index contributed by atoms with van der Waals surface area (Å²) in [7, 11) is 4.03. The highest BCUT2D eigenvalue weighted by molar-refractivity contribution is 5.91. The Morgan fingerprint density at radius 2 is 1.33 bits per heavy atom. The number of aromatic nitrogens is 1. The molecule has 4 aromatic rings. The molecule has 0 aliphatic carbocycles. The lowest BCUT2D eigenvalue weighted by Crippen LogP contribution is -2.35. The van der Waals surface area contributed by atoms with E-state index in [1.807, 2.05) is 38.6 Å². The number of rotatable bonds is 10. The lowest BCUT2D eigenvalue weighted by atomic mass is 10.2. The van der Waals surface area contributed by atoms with Gasteiger partial charge in [0, 0.05) is 31.9 Å². The van der Waals surface area contributed by atoms with Crippen LogP contribution in [-0.4, -0.2) is 26.7 Å². The van der Waals surface area contributed by atoms with Crippen LogP contribution in [0.4, 0.5) is 5.69 Å². The van der Waals surface area contributed by atoms with Crippen LogP contribution in [0, 0.1) is 6.92 Å². The fourth-order valence-electron chi connectivity index (χ4n) is 3.47. The molecule has 0 aliphatic heterocycles. The van der Waals surface area contributed by atoms with Crippen LogP contribution in [0.15, 0.2) is 97.3 Å². The average Bonchev–Trinajstić information content (AvgIpc) is 2.90. The smallest absolute Gasteiger partial charge is 0.343 e. The van der Waals surface area contributed by atoms with Crippen LogP contribution in [0.1, 0.15) is 21.5 Å². The molecule has 0 amide bonds. The highest BCUT2D eigenvalue weighted by Gasteiger charge is 2.10. The van der Waals surface area contributed by atoms with Gasteiger partial charge in [0.2, 0.25) is 0 Å². The van der Waals surface area contributed by atoms with Crippen molar-refractivity contribution in [3.63, 3.8) is 0 Å². The summed E-state index contributed by atoms with van der Waals surface area (Å²) in [6, 6.07) is 26.3. The number of nitrogens with zero attached hydrogens (tertiary/aromatic N) is 2. The molecule has 4 rings (SSSR count). The quantitative estimate of drug-likeness (QED) is 0.176. The van der Waals surface area contributed by atoms with Gasteiger partial charge in [-0.05, 0) is 61.0 Å². The van der Waals surface area contributed by atoms with E-state index in [1.165, 1.54) is 5.56 Å². The largest absolute Gasteiger partial charge is 0.489 e. The Balaban J connectivity index is 1.23. The number of aryl methyl sites for hydroxylation is 1. The Morgan fingerprint density at radius 3 is 1.97 bits per heavy atom. The fraction of sp³-hybridized carbons (Fsp3) is 0.200. The van der Waals surface area contributed by atoms with Crippen molar-refractivity contribution >= 4 is 11.7 Å². The van der Waals surface area contributed by atoms with E-state index in [-0.39, 0.29) is 0 Å². The van der Waals surface area contributed by atoms with Gasteiger partial charge in [0.1, 0.15) is 30.5 Å². The Bertz CT molecular complexity index is 1250. The molecule has 0 fully saturated rings. The maximum absolute atomic E-state index is 12.5.